The van der Waals surface area contributed by atoms with Gasteiger partial charge in [0.1, 0.15) is 25.6 Å². The average molecular weight is 845 g/mol. The van der Waals surface area contributed by atoms with Crippen LogP contribution in [0, 0.1) is 23.3 Å². The monoisotopic (exact) mass is 844 g/mol. The van der Waals surface area contributed by atoms with Gasteiger partial charge >= 0.3 is 5.97 Å². The lowest BCUT2D eigenvalue weighted by Crippen LogP contribution is -2.32. The second-order valence-corrected chi connectivity index (χ2v) is 17.8. The predicted molar refractivity (Wildman–Crippen MR) is 214 cm³/mol. The minimum absolute atomic E-state index is 0.0211. The van der Waals surface area contributed by atoms with Crippen LogP contribution in [-0.4, -0.2) is 62.2 Å². The minimum atomic E-state index is -4.33. The quantitative estimate of drug-likeness (QED) is 0.0238. The first-order valence-corrected chi connectivity index (χ1v) is 21.0. The molecule has 0 bridgehead atoms. The predicted octanol–water partition coefficient (Wildman–Crippen LogP) is 7.73. The van der Waals surface area contributed by atoms with Gasteiger partial charge in [0.05, 0.1) is 17.5 Å². The van der Waals surface area contributed by atoms with E-state index < -0.39 is 73.6 Å². The van der Waals surface area contributed by atoms with Gasteiger partial charge in [-0.2, -0.15) is 8.42 Å². The maximum absolute atomic E-state index is 15.9. The molecule has 1 unspecified atom stereocenters. The molecule has 1 fully saturated rings. The molecule has 11 nitrogen and oxygen atoms in total. The molecule has 1 saturated heterocycles. The van der Waals surface area contributed by atoms with Crippen LogP contribution in [0.2, 0.25) is 0 Å². The highest BCUT2D eigenvalue weighted by Gasteiger charge is 2.49. The molecule has 0 spiro atoms. The zero-order valence-electron chi connectivity index (χ0n) is 34.0. The van der Waals surface area contributed by atoms with Crippen LogP contribution in [0.15, 0.2) is 58.7 Å². The van der Waals surface area contributed by atoms with Crippen LogP contribution < -0.4 is 14.8 Å². The summed E-state index contributed by atoms with van der Waals surface area (Å²) in [7, 11) is -0.458. The molecule has 2 amide bonds. The van der Waals surface area contributed by atoms with E-state index in [-0.39, 0.29) is 69.0 Å². The number of amides is 2. The maximum Gasteiger partial charge on any atom is 0.333 e. The molecular weight excluding hydrogens is 795 g/mol. The molecule has 0 saturated carbocycles. The number of hydrogen-bond donors (Lipinski definition) is 1. The Hall–Kier alpha value is -5.09. The number of carbonyl (C=O) groups excluding carboxylic acids is 3. The van der Waals surface area contributed by atoms with Crippen molar-refractivity contribution >= 4 is 39.7 Å². The van der Waals surface area contributed by atoms with Gasteiger partial charge in [0.2, 0.25) is 5.36 Å². The van der Waals surface area contributed by atoms with Crippen molar-refractivity contribution in [3.05, 3.63) is 99.8 Å². The third kappa shape index (κ3) is 10.2. The molecule has 1 atom stereocenters. The number of unbranched alkanes of at least 4 members (excludes halogenated alkanes) is 3. The van der Waals surface area contributed by atoms with Crippen molar-refractivity contribution in [2.75, 3.05) is 31.3 Å². The minimum Gasteiger partial charge on any atom is -0.460 e. The fourth-order valence-corrected chi connectivity index (χ4v) is 7.89. The zero-order valence-corrected chi connectivity index (χ0v) is 34.9. The van der Waals surface area contributed by atoms with Gasteiger partial charge in [-0.1, -0.05) is 57.9 Å². The highest BCUT2D eigenvalue weighted by Crippen LogP contribution is 2.54. The lowest BCUT2D eigenvalue weighted by molar-refractivity contribution is -0.197. The van der Waals surface area contributed by atoms with Crippen molar-refractivity contribution in [3.63, 3.8) is 0 Å². The summed E-state index contributed by atoms with van der Waals surface area (Å²) in [4.78, 5) is 42.2. The number of imide groups is 1. The molecule has 1 aromatic rings. The van der Waals surface area contributed by atoms with Crippen molar-refractivity contribution in [2.45, 2.75) is 96.3 Å². The lowest BCUT2D eigenvalue weighted by atomic mass is 9.76. The number of hydroxylamine groups is 2. The first kappa shape index (κ1) is 45.0. The van der Waals surface area contributed by atoms with E-state index >= 15 is 8.78 Å². The number of hydrogen-bond acceptors (Lipinski definition) is 8. The van der Waals surface area contributed by atoms with Crippen LogP contribution in [0.25, 0.3) is 17.4 Å². The van der Waals surface area contributed by atoms with Crippen LogP contribution in [0.5, 0.6) is 0 Å². The molecule has 5 rings (SSSR count). The molecule has 4 aliphatic rings. The summed E-state index contributed by atoms with van der Waals surface area (Å²) < 4.78 is 102. The number of benzene rings is 2. The maximum atomic E-state index is 15.9. The van der Waals surface area contributed by atoms with Gasteiger partial charge in [-0.25, -0.2) is 26.9 Å². The Morgan fingerprint density at radius 1 is 0.932 bits per heavy atom. The molecule has 1 aliphatic carbocycles. The summed E-state index contributed by atoms with van der Waals surface area (Å²) in [5.74, 6) is -8.29. The highest BCUT2D eigenvalue weighted by molar-refractivity contribution is 7.85. The van der Waals surface area contributed by atoms with Crippen molar-refractivity contribution < 1.29 is 54.2 Å². The molecule has 16 heteroatoms. The molecule has 3 heterocycles. The van der Waals surface area contributed by atoms with Gasteiger partial charge in [-0.15, -0.1) is 5.06 Å². The molecule has 1 aromatic carbocycles. The van der Waals surface area contributed by atoms with Crippen LogP contribution in [0.1, 0.15) is 102 Å². The Kier molecular flexibility index (Phi) is 13.8. The lowest BCUT2D eigenvalue weighted by Gasteiger charge is -2.30. The second-order valence-electron chi connectivity index (χ2n) is 16.2. The van der Waals surface area contributed by atoms with Gasteiger partial charge in [0.25, 0.3) is 21.9 Å². The third-order valence-corrected chi connectivity index (χ3v) is 11.3. The molecule has 1 N–H and O–H groups in total. The Labute approximate surface area is 341 Å². The molecule has 59 heavy (non-hydrogen) atoms. The van der Waals surface area contributed by atoms with Crippen molar-refractivity contribution in [3.8, 4) is 11.3 Å². The van der Waals surface area contributed by atoms with E-state index in [1.165, 1.54) is 4.90 Å². The van der Waals surface area contributed by atoms with Gasteiger partial charge in [0.15, 0.2) is 23.3 Å². The van der Waals surface area contributed by atoms with E-state index in [9.17, 15) is 36.1 Å². The van der Waals surface area contributed by atoms with E-state index in [1.54, 1.807) is 31.2 Å². The second kappa shape index (κ2) is 18.0. The fourth-order valence-electron chi connectivity index (χ4n) is 7.32. The number of anilines is 1. The zero-order chi connectivity index (χ0) is 43.4. The molecule has 3 aliphatic heterocycles. The fraction of sp³-hybridized carbons (Fsp3) is 0.442. The molecule has 0 aromatic heterocycles. The van der Waals surface area contributed by atoms with Crippen LogP contribution >= 0.6 is 0 Å². The Bertz CT molecular complexity index is 2360. The molecular formula is C43H50F4N3O8S+. The van der Waals surface area contributed by atoms with Gasteiger partial charge in [0, 0.05) is 59.5 Å². The summed E-state index contributed by atoms with van der Waals surface area (Å²) >= 11 is 0. The van der Waals surface area contributed by atoms with E-state index in [4.69, 9.17) is 9.25 Å². The summed E-state index contributed by atoms with van der Waals surface area (Å²) in [5, 5.41) is 1.41. The van der Waals surface area contributed by atoms with Crippen LogP contribution in [-0.2, 0) is 40.2 Å². The molecule has 0 radical (unpaired) electrons. The number of fused-ring (bicyclic) bond motifs is 2. The number of carbonyl (C=O) groups is 3. The summed E-state index contributed by atoms with van der Waals surface area (Å²) in [6.07, 6.45) is 9.16. The van der Waals surface area contributed by atoms with E-state index in [1.807, 2.05) is 69.8 Å². The van der Waals surface area contributed by atoms with Gasteiger partial charge in [-0.3, -0.25) is 14.1 Å². The normalized spacial score (nSPS) is 18.1. The SMILES string of the molecule is C[N+](C)=c1ccc2c(/C=C/C=C/C=C3/N(CCCCCC(=O)ON4C(=O)CCC4=O)c4c(F)c(F)c(F)c(F)c4C3(C)CCCCS(=O)(=O)O)cc(C(C)(C)C)oc-2c1. The summed E-state index contributed by atoms with van der Waals surface area (Å²) in [6, 6.07) is 7.86. The number of rotatable bonds is 15. The number of nitrogens with zero attached hydrogens (tertiary/aromatic N) is 3. The Morgan fingerprint density at radius 3 is 2.25 bits per heavy atom. The van der Waals surface area contributed by atoms with Crippen LogP contribution in [0.4, 0.5) is 23.2 Å². The van der Waals surface area contributed by atoms with Crippen molar-refractivity contribution in [2.24, 2.45) is 0 Å². The first-order valence-electron chi connectivity index (χ1n) is 19.4. The van der Waals surface area contributed by atoms with Crippen molar-refractivity contribution in [1.29, 1.82) is 0 Å². The third-order valence-electron chi connectivity index (χ3n) is 10.5. The summed E-state index contributed by atoms with van der Waals surface area (Å²) in [6.45, 7) is 7.64. The van der Waals surface area contributed by atoms with E-state index in [0.717, 1.165) is 22.2 Å². The van der Waals surface area contributed by atoms with Crippen molar-refractivity contribution in [1.82, 2.24) is 9.64 Å². The Balaban J connectivity index is 1.47. The van der Waals surface area contributed by atoms with E-state index in [2.05, 4.69) is 0 Å². The molecule has 318 valence electrons. The topological polar surface area (TPSA) is 137 Å². The average Bonchev–Trinajstić information content (AvgIpc) is 3.60. The largest absolute Gasteiger partial charge is 0.460 e. The number of allylic oxidation sites excluding steroid dienone is 5. The van der Waals surface area contributed by atoms with E-state index in [0.29, 0.717) is 17.2 Å². The Morgan fingerprint density at radius 2 is 1.61 bits per heavy atom. The highest BCUT2D eigenvalue weighted by atomic mass is 32.2. The van der Waals surface area contributed by atoms with Crippen LogP contribution in [0.3, 0.4) is 0 Å². The smallest absolute Gasteiger partial charge is 0.333 e. The van der Waals surface area contributed by atoms with Gasteiger partial charge in [-0.05, 0) is 56.4 Å². The summed E-state index contributed by atoms with van der Waals surface area (Å²) in [5.41, 5.74) is -0.690. The first-order chi connectivity index (χ1) is 27.6. The standard InChI is InChI=1S/C43H49F4N3O8S/c1-42(2,3)32-25-27(29-19-18-28(48(5)6)26-30(29)57-32)15-9-7-10-16-31-43(4,22-12-14-24-59(54,55)56)36-37(44)38(45)39(46)40(47)41(36)49(31)23-13-8-11-17-35(53)58-50-33(51)20-21-34(50)52/h7,9-10,15-16,18-19,25-26H,8,11-14,17,20-24H2,1-6H3/p+1. The number of halogens is 4. The van der Waals surface area contributed by atoms with Gasteiger partial charge < -0.3 is 14.2 Å².